The highest BCUT2D eigenvalue weighted by molar-refractivity contribution is 8.04. The van der Waals surface area contributed by atoms with E-state index in [0.717, 1.165) is 23.9 Å². The Morgan fingerprint density at radius 2 is 1.78 bits per heavy atom. The van der Waals surface area contributed by atoms with E-state index in [1.807, 2.05) is 27.7 Å². The molecule has 2 rings (SSSR count). The molecule has 148 valence electrons. The Morgan fingerprint density at radius 1 is 1.19 bits per heavy atom. The van der Waals surface area contributed by atoms with Crippen molar-refractivity contribution in [3.05, 3.63) is 34.7 Å². The lowest BCUT2D eigenvalue weighted by Gasteiger charge is -2.26. The van der Waals surface area contributed by atoms with Crippen molar-refractivity contribution in [2.75, 3.05) is 18.4 Å². The molecule has 0 fully saturated rings. The van der Waals surface area contributed by atoms with Crippen molar-refractivity contribution in [1.29, 1.82) is 0 Å². The first-order valence-electron chi connectivity index (χ1n) is 8.68. The summed E-state index contributed by atoms with van der Waals surface area (Å²) in [5.74, 6) is -0.291. The number of halogens is 3. The molecule has 1 aliphatic heterocycles. The van der Waals surface area contributed by atoms with E-state index in [-0.39, 0.29) is 28.3 Å². The summed E-state index contributed by atoms with van der Waals surface area (Å²) in [6.45, 7) is 9.15. The van der Waals surface area contributed by atoms with E-state index in [2.05, 4.69) is 5.32 Å². The smallest absolute Gasteiger partial charge is 0.339 e. The number of rotatable bonds is 5. The van der Waals surface area contributed by atoms with Crippen LogP contribution in [0, 0.1) is 11.8 Å². The number of nitrogens with zero attached hydrogens (tertiary/aromatic N) is 1. The number of fused-ring (bicyclic) bond motifs is 1. The third-order valence-corrected chi connectivity index (χ3v) is 4.84. The summed E-state index contributed by atoms with van der Waals surface area (Å²) < 4.78 is 38.5. The van der Waals surface area contributed by atoms with E-state index in [9.17, 15) is 22.8 Å². The number of thioether (sulfide) groups is 1. The van der Waals surface area contributed by atoms with Crippen molar-refractivity contribution in [2.45, 2.75) is 38.8 Å². The molecule has 27 heavy (non-hydrogen) atoms. The van der Waals surface area contributed by atoms with Crippen molar-refractivity contribution in [3.8, 4) is 0 Å². The number of benzene rings is 1. The van der Waals surface area contributed by atoms with Gasteiger partial charge in [-0.2, -0.15) is 13.2 Å². The summed E-state index contributed by atoms with van der Waals surface area (Å²) in [6, 6.07) is 3.18. The summed E-state index contributed by atoms with van der Waals surface area (Å²) in [5.41, 5.74) is -0.726. The molecule has 0 atom stereocenters. The van der Waals surface area contributed by atoms with Crippen LogP contribution in [-0.2, 0) is 15.8 Å². The van der Waals surface area contributed by atoms with Gasteiger partial charge in [-0.1, -0.05) is 39.5 Å². The number of carbonyl (C=O) groups excluding carboxylic acids is 2. The molecule has 1 heterocycles. The Hall–Kier alpha value is -1.96. The molecule has 0 aromatic heterocycles. The first-order valence-corrected chi connectivity index (χ1v) is 9.50. The Kier molecular flexibility index (Phi) is 6.62. The van der Waals surface area contributed by atoms with Gasteiger partial charge in [0.05, 0.1) is 16.2 Å². The summed E-state index contributed by atoms with van der Waals surface area (Å²) in [4.78, 5) is 27.2. The van der Waals surface area contributed by atoms with E-state index in [1.54, 1.807) is 4.90 Å². The molecule has 0 radical (unpaired) electrons. The predicted octanol–water partition coefficient (Wildman–Crippen LogP) is 4.77. The fraction of sp³-hybridized carbons (Fsp3) is 0.474. The zero-order valence-electron chi connectivity index (χ0n) is 15.7. The average Bonchev–Trinajstić information content (AvgIpc) is 2.52. The van der Waals surface area contributed by atoms with Crippen molar-refractivity contribution < 1.29 is 22.8 Å². The second-order valence-corrected chi connectivity index (χ2v) is 8.39. The molecule has 8 heteroatoms. The summed E-state index contributed by atoms with van der Waals surface area (Å²) in [7, 11) is 0. The Bertz CT molecular complexity index is 748. The molecule has 0 bridgehead atoms. The summed E-state index contributed by atoms with van der Waals surface area (Å²) in [6.07, 6.45) is -3.21. The molecule has 2 amide bonds. The predicted molar refractivity (Wildman–Crippen MR) is 100 cm³/mol. The normalized spacial score (nSPS) is 15.9. The summed E-state index contributed by atoms with van der Waals surface area (Å²) in [5, 5.41) is 2.45. The fourth-order valence-corrected chi connectivity index (χ4v) is 3.57. The fourth-order valence-electron chi connectivity index (χ4n) is 2.68. The number of nitrogens with one attached hydrogen (secondary N) is 1. The van der Waals surface area contributed by atoms with Gasteiger partial charge in [-0.15, -0.1) is 0 Å². The van der Waals surface area contributed by atoms with Crippen LogP contribution in [0.2, 0.25) is 0 Å². The standard InChI is InChI=1S/C19H23F3N2O2S/c1-11(2)9-24(10-12(3)4)17(25)8-16-18(26)23-14-7-13(19(20,21)22)5-6-15(14)27-16/h5-8,11-12H,9-10H2,1-4H3,(H,23,26). The molecule has 1 aliphatic rings. The number of hydrogen-bond donors (Lipinski definition) is 1. The van der Waals surface area contributed by atoms with Crippen LogP contribution in [0.25, 0.3) is 0 Å². The Morgan fingerprint density at radius 3 is 2.30 bits per heavy atom. The van der Waals surface area contributed by atoms with Gasteiger partial charge in [0.15, 0.2) is 0 Å². The minimum Gasteiger partial charge on any atom is -0.339 e. The molecular formula is C19H23F3N2O2S. The van der Waals surface area contributed by atoms with Gasteiger partial charge in [0, 0.05) is 24.1 Å². The number of alkyl halides is 3. The van der Waals surface area contributed by atoms with Crippen LogP contribution < -0.4 is 5.32 Å². The maximum Gasteiger partial charge on any atom is 0.416 e. The number of amides is 2. The molecular weight excluding hydrogens is 377 g/mol. The van der Waals surface area contributed by atoms with Crippen LogP contribution >= 0.6 is 11.8 Å². The van der Waals surface area contributed by atoms with Gasteiger partial charge in [0.1, 0.15) is 0 Å². The van der Waals surface area contributed by atoms with Crippen LogP contribution in [-0.4, -0.2) is 29.8 Å². The third kappa shape index (κ3) is 5.76. The second-order valence-electron chi connectivity index (χ2n) is 7.30. The van der Waals surface area contributed by atoms with E-state index in [0.29, 0.717) is 18.0 Å². The van der Waals surface area contributed by atoms with Crippen LogP contribution in [0.3, 0.4) is 0 Å². The van der Waals surface area contributed by atoms with Crippen molar-refractivity contribution in [2.24, 2.45) is 11.8 Å². The first kappa shape index (κ1) is 21.3. The van der Waals surface area contributed by atoms with Crippen LogP contribution in [0.15, 0.2) is 34.1 Å². The summed E-state index contributed by atoms with van der Waals surface area (Å²) >= 11 is 1.00. The van der Waals surface area contributed by atoms with E-state index < -0.39 is 17.6 Å². The maximum atomic E-state index is 12.8. The van der Waals surface area contributed by atoms with E-state index in [4.69, 9.17) is 0 Å². The van der Waals surface area contributed by atoms with Gasteiger partial charge in [-0.3, -0.25) is 9.59 Å². The Labute approximate surface area is 161 Å². The minimum atomic E-state index is -4.48. The lowest BCUT2D eigenvalue weighted by molar-refractivity contribution is -0.137. The molecule has 0 spiro atoms. The lowest BCUT2D eigenvalue weighted by Crippen LogP contribution is -2.36. The van der Waals surface area contributed by atoms with Crippen molar-refractivity contribution >= 4 is 29.3 Å². The monoisotopic (exact) mass is 400 g/mol. The number of anilines is 1. The van der Waals surface area contributed by atoms with Gasteiger partial charge in [-0.25, -0.2) is 0 Å². The second kappa shape index (κ2) is 8.37. The van der Waals surface area contributed by atoms with Gasteiger partial charge < -0.3 is 10.2 Å². The lowest BCUT2D eigenvalue weighted by atomic mass is 10.1. The van der Waals surface area contributed by atoms with Crippen LogP contribution in [0.5, 0.6) is 0 Å². The van der Waals surface area contributed by atoms with Crippen molar-refractivity contribution in [1.82, 2.24) is 4.90 Å². The third-order valence-electron chi connectivity index (χ3n) is 3.74. The van der Waals surface area contributed by atoms with Crippen LogP contribution in [0.1, 0.15) is 33.3 Å². The van der Waals surface area contributed by atoms with Crippen LogP contribution in [0.4, 0.5) is 18.9 Å². The first-order chi connectivity index (χ1) is 12.5. The largest absolute Gasteiger partial charge is 0.416 e. The molecule has 0 saturated carbocycles. The Balaban J connectivity index is 2.24. The molecule has 1 aromatic rings. The molecule has 0 unspecified atom stereocenters. The zero-order chi connectivity index (χ0) is 20.4. The molecule has 1 N–H and O–H groups in total. The SMILES string of the molecule is CC(C)CN(CC(C)C)C(=O)C=C1Sc2ccc(C(F)(F)F)cc2NC1=O. The maximum absolute atomic E-state index is 12.8. The zero-order valence-corrected chi connectivity index (χ0v) is 16.5. The highest BCUT2D eigenvalue weighted by Gasteiger charge is 2.32. The molecule has 1 aromatic carbocycles. The van der Waals surface area contributed by atoms with Gasteiger partial charge >= 0.3 is 6.18 Å². The highest BCUT2D eigenvalue weighted by Crippen LogP contribution is 2.41. The van der Waals surface area contributed by atoms with Gasteiger partial charge in [-0.05, 0) is 30.0 Å². The van der Waals surface area contributed by atoms with Gasteiger partial charge in [0.25, 0.3) is 5.91 Å². The average molecular weight is 400 g/mol. The van der Waals surface area contributed by atoms with E-state index in [1.165, 1.54) is 12.1 Å². The number of hydrogen-bond acceptors (Lipinski definition) is 3. The van der Waals surface area contributed by atoms with Gasteiger partial charge in [0.2, 0.25) is 5.91 Å². The molecule has 4 nitrogen and oxygen atoms in total. The molecule has 0 aliphatic carbocycles. The highest BCUT2D eigenvalue weighted by atomic mass is 32.2. The topological polar surface area (TPSA) is 49.4 Å². The number of carbonyl (C=O) groups is 2. The van der Waals surface area contributed by atoms with Crippen molar-refractivity contribution in [3.63, 3.8) is 0 Å². The minimum absolute atomic E-state index is 0.102. The quantitative estimate of drug-likeness (QED) is 0.724. The van der Waals surface area contributed by atoms with E-state index >= 15 is 0 Å². The molecule has 0 saturated heterocycles.